The third kappa shape index (κ3) is 6.50. The molecule has 3 nitrogen and oxygen atoms in total. The Labute approximate surface area is 169 Å². The Hall–Kier alpha value is -3.04. The Morgan fingerprint density at radius 3 is 2.03 bits per heavy atom. The van der Waals surface area contributed by atoms with Crippen LogP contribution in [0.3, 0.4) is 0 Å². The lowest BCUT2D eigenvalue weighted by Gasteiger charge is -2.12. The minimum atomic E-state index is -4.89. The van der Waals surface area contributed by atoms with Crippen molar-refractivity contribution in [2.24, 2.45) is 10.7 Å². The summed E-state index contributed by atoms with van der Waals surface area (Å²) in [4.78, 5) is 3.45. The summed E-state index contributed by atoms with van der Waals surface area (Å²) in [5, 5.41) is 2.55. The Bertz CT molecular complexity index is 911. The van der Waals surface area contributed by atoms with E-state index in [1.807, 2.05) is 13.8 Å². The lowest BCUT2D eigenvalue weighted by molar-refractivity contribution is -0.0925. The summed E-state index contributed by atoms with van der Waals surface area (Å²) in [5.41, 5.74) is 1.80. The first-order chi connectivity index (χ1) is 14.0. The highest BCUT2D eigenvalue weighted by atomic mass is 19.4. The summed E-state index contributed by atoms with van der Waals surface area (Å²) in [6.45, 7) is 3.79. The van der Waals surface area contributed by atoms with Gasteiger partial charge in [0.1, 0.15) is 29.0 Å². The number of hydrogen-bond acceptors (Lipinski definition) is 3. The van der Waals surface area contributed by atoms with Crippen LogP contribution in [0.2, 0.25) is 0 Å². The number of nitrogens with two attached hydrogens (primary N) is 1. The molecule has 164 valence electrons. The molecule has 0 aliphatic rings. The standard InChI is InChI=1S/C18H14F7N3.C2H6/c1-27-15(7-16(26)18(23,24)25)17-13(21)5-11(6-14(17)22)28-8-9-2-3-10(19)4-12(9)20;1-2/h2-7,28H,8,26H2,1H3;1-2H3/b16-7-,27-15?;. The summed E-state index contributed by atoms with van der Waals surface area (Å²) < 4.78 is 92.7. The normalized spacial score (nSPS) is 12.3. The van der Waals surface area contributed by atoms with Crippen molar-refractivity contribution in [1.82, 2.24) is 0 Å². The van der Waals surface area contributed by atoms with Crippen LogP contribution in [-0.4, -0.2) is 18.9 Å². The summed E-state index contributed by atoms with van der Waals surface area (Å²) in [7, 11) is 1.05. The number of benzene rings is 2. The number of hydrogen-bond donors (Lipinski definition) is 2. The molecule has 0 amide bonds. The average Bonchev–Trinajstić information content (AvgIpc) is 2.66. The quantitative estimate of drug-likeness (QED) is 0.467. The molecule has 0 aliphatic carbocycles. The zero-order chi connectivity index (χ0) is 23.1. The molecule has 2 aromatic carbocycles. The van der Waals surface area contributed by atoms with Crippen LogP contribution < -0.4 is 11.1 Å². The molecule has 0 heterocycles. The molecule has 2 rings (SSSR count). The second-order valence-corrected chi connectivity index (χ2v) is 5.61. The van der Waals surface area contributed by atoms with E-state index in [-0.39, 0.29) is 17.8 Å². The predicted molar refractivity (Wildman–Crippen MR) is 102 cm³/mol. The van der Waals surface area contributed by atoms with Crippen LogP contribution in [0.5, 0.6) is 0 Å². The van der Waals surface area contributed by atoms with E-state index in [2.05, 4.69) is 10.3 Å². The number of alkyl halides is 3. The third-order valence-electron chi connectivity index (χ3n) is 3.66. The Morgan fingerprint density at radius 1 is 1.00 bits per heavy atom. The van der Waals surface area contributed by atoms with Crippen LogP contribution in [0.15, 0.2) is 47.1 Å². The molecule has 0 fully saturated rings. The molecular weight excluding hydrogens is 415 g/mol. The number of rotatable bonds is 5. The molecule has 0 radical (unpaired) electrons. The highest BCUT2D eigenvalue weighted by Gasteiger charge is 2.32. The molecule has 0 unspecified atom stereocenters. The van der Waals surface area contributed by atoms with E-state index >= 15 is 0 Å². The zero-order valence-electron chi connectivity index (χ0n) is 16.3. The van der Waals surface area contributed by atoms with E-state index in [0.29, 0.717) is 12.1 Å². The van der Waals surface area contributed by atoms with E-state index in [1.165, 1.54) is 0 Å². The van der Waals surface area contributed by atoms with E-state index < -0.39 is 46.4 Å². The molecule has 0 saturated heterocycles. The van der Waals surface area contributed by atoms with Crippen LogP contribution in [0.1, 0.15) is 25.0 Å². The largest absolute Gasteiger partial charge is 0.430 e. The van der Waals surface area contributed by atoms with Gasteiger partial charge in [0.2, 0.25) is 0 Å². The topological polar surface area (TPSA) is 50.4 Å². The highest BCUT2D eigenvalue weighted by Crippen LogP contribution is 2.25. The van der Waals surface area contributed by atoms with Crippen LogP contribution in [0.25, 0.3) is 0 Å². The Morgan fingerprint density at radius 2 is 1.57 bits per heavy atom. The van der Waals surface area contributed by atoms with Gasteiger partial charge in [-0.3, -0.25) is 4.99 Å². The van der Waals surface area contributed by atoms with Gasteiger partial charge in [-0.1, -0.05) is 19.9 Å². The second-order valence-electron chi connectivity index (χ2n) is 5.61. The molecule has 2 aromatic rings. The first-order valence-corrected chi connectivity index (χ1v) is 8.71. The summed E-state index contributed by atoms with van der Waals surface area (Å²) in [6.07, 6.45) is -4.56. The van der Waals surface area contributed by atoms with Crippen molar-refractivity contribution < 1.29 is 30.7 Å². The lowest BCUT2D eigenvalue weighted by Crippen LogP contribution is -2.21. The summed E-state index contributed by atoms with van der Waals surface area (Å²) in [5.74, 6) is -4.03. The maximum atomic E-state index is 14.3. The fourth-order valence-electron chi connectivity index (χ4n) is 2.26. The van der Waals surface area contributed by atoms with Gasteiger partial charge in [-0.05, 0) is 24.3 Å². The maximum Gasteiger partial charge on any atom is 0.430 e. The van der Waals surface area contributed by atoms with Gasteiger partial charge in [0.15, 0.2) is 0 Å². The SMILES string of the molecule is CC.CN=C(/C=C(\N)C(F)(F)F)c1c(F)cc(NCc2ccc(F)cc2F)cc1F. The fourth-order valence-corrected chi connectivity index (χ4v) is 2.26. The fraction of sp³-hybridized carbons (Fsp3) is 0.250. The summed E-state index contributed by atoms with van der Waals surface area (Å²) >= 11 is 0. The van der Waals surface area contributed by atoms with Gasteiger partial charge in [-0.15, -0.1) is 0 Å². The minimum Gasteiger partial charge on any atom is -0.395 e. The molecule has 10 heteroatoms. The van der Waals surface area contributed by atoms with Gasteiger partial charge >= 0.3 is 6.18 Å². The monoisotopic (exact) mass is 435 g/mol. The zero-order valence-corrected chi connectivity index (χ0v) is 16.3. The Balaban J connectivity index is 0.00000218. The third-order valence-corrected chi connectivity index (χ3v) is 3.66. The molecular formula is C20H20F7N3. The van der Waals surface area contributed by atoms with Crippen molar-refractivity contribution >= 4 is 11.4 Å². The molecule has 3 N–H and O–H groups in total. The molecule has 30 heavy (non-hydrogen) atoms. The molecule has 0 aromatic heterocycles. The van der Waals surface area contributed by atoms with Crippen LogP contribution in [0, 0.1) is 23.3 Å². The van der Waals surface area contributed by atoms with Crippen molar-refractivity contribution in [1.29, 1.82) is 0 Å². The van der Waals surface area contributed by atoms with Gasteiger partial charge in [0.05, 0.1) is 11.3 Å². The van der Waals surface area contributed by atoms with E-state index in [1.54, 1.807) is 0 Å². The van der Waals surface area contributed by atoms with Crippen LogP contribution in [-0.2, 0) is 6.54 Å². The van der Waals surface area contributed by atoms with Gasteiger partial charge in [0.25, 0.3) is 0 Å². The molecule has 0 spiro atoms. The number of nitrogens with one attached hydrogen (secondary N) is 1. The van der Waals surface area contributed by atoms with Gasteiger partial charge in [-0.25, -0.2) is 17.6 Å². The van der Waals surface area contributed by atoms with E-state index in [9.17, 15) is 30.7 Å². The van der Waals surface area contributed by atoms with Crippen molar-refractivity contribution in [2.75, 3.05) is 12.4 Å². The van der Waals surface area contributed by atoms with Crippen molar-refractivity contribution in [3.8, 4) is 0 Å². The molecule has 0 saturated carbocycles. The minimum absolute atomic E-state index is 0.0444. The van der Waals surface area contributed by atoms with E-state index in [0.717, 1.165) is 31.3 Å². The van der Waals surface area contributed by atoms with Crippen molar-refractivity contribution in [3.63, 3.8) is 0 Å². The second kappa shape index (κ2) is 10.7. The average molecular weight is 435 g/mol. The van der Waals surface area contributed by atoms with Crippen molar-refractivity contribution in [2.45, 2.75) is 26.6 Å². The maximum absolute atomic E-state index is 14.3. The number of nitrogens with zero attached hydrogens (tertiary/aromatic N) is 1. The number of aliphatic imine (C=N–C) groups is 1. The molecule has 0 atom stereocenters. The first kappa shape index (κ1) is 25.0. The molecule has 0 aliphatic heterocycles. The highest BCUT2D eigenvalue weighted by molar-refractivity contribution is 6.09. The molecule has 0 bridgehead atoms. The summed E-state index contributed by atoms with van der Waals surface area (Å²) in [6, 6.07) is 4.45. The van der Waals surface area contributed by atoms with Crippen LogP contribution >= 0.6 is 0 Å². The number of halogens is 7. The van der Waals surface area contributed by atoms with Gasteiger partial charge < -0.3 is 11.1 Å². The van der Waals surface area contributed by atoms with Crippen molar-refractivity contribution in [3.05, 3.63) is 76.5 Å². The van der Waals surface area contributed by atoms with Crippen LogP contribution in [0.4, 0.5) is 36.4 Å². The van der Waals surface area contributed by atoms with E-state index in [4.69, 9.17) is 5.73 Å². The number of anilines is 1. The van der Waals surface area contributed by atoms with Gasteiger partial charge in [-0.2, -0.15) is 13.2 Å². The Kier molecular flexibility index (Phi) is 8.88. The lowest BCUT2D eigenvalue weighted by atomic mass is 10.1. The predicted octanol–water partition coefficient (Wildman–Crippen LogP) is 5.71. The van der Waals surface area contributed by atoms with Gasteiger partial charge in [0, 0.05) is 30.9 Å². The number of allylic oxidation sites excluding steroid dienone is 2. The smallest absolute Gasteiger partial charge is 0.395 e. The first-order valence-electron chi connectivity index (χ1n) is 8.71.